The van der Waals surface area contributed by atoms with Crippen LogP contribution in [0.3, 0.4) is 0 Å². The molecule has 0 aliphatic carbocycles. The molecule has 0 radical (unpaired) electrons. The van der Waals surface area contributed by atoms with E-state index in [9.17, 15) is 19.2 Å². The van der Waals surface area contributed by atoms with Crippen molar-refractivity contribution in [1.82, 2.24) is 24.4 Å². The van der Waals surface area contributed by atoms with Gasteiger partial charge in [-0.25, -0.2) is 0 Å². The molecule has 1 aliphatic rings. The third-order valence-corrected chi connectivity index (χ3v) is 6.96. The Morgan fingerprint density at radius 3 is 2.25 bits per heavy atom. The average molecular weight is 556 g/mol. The number of nitrogens with zero attached hydrogens (tertiary/aromatic N) is 6. The number of hydrogen-bond donors (Lipinski definition) is 1. The second-order valence-corrected chi connectivity index (χ2v) is 9.90. The maximum absolute atomic E-state index is 13.9. The van der Waals surface area contributed by atoms with Crippen LogP contribution >= 0.6 is 11.5 Å². The Labute approximate surface area is 234 Å². The summed E-state index contributed by atoms with van der Waals surface area (Å²) in [6.07, 6.45) is 3.18. The Hall–Kier alpha value is -4.97. The van der Waals surface area contributed by atoms with Gasteiger partial charge in [0.25, 0.3) is 17.7 Å². The van der Waals surface area contributed by atoms with Gasteiger partial charge in [-0.1, -0.05) is 22.7 Å². The molecule has 202 valence electrons. The van der Waals surface area contributed by atoms with Gasteiger partial charge in [0.15, 0.2) is 6.04 Å². The van der Waals surface area contributed by atoms with Gasteiger partial charge in [0, 0.05) is 49.8 Å². The van der Waals surface area contributed by atoms with Crippen LogP contribution in [-0.2, 0) is 16.1 Å². The van der Waals surface area contributed by atoms with Gasteiger partial charge < -0.3 is 15.1 Å². The second-order valence-electron chi connectivity index (χ2n) is 9.29. The maximum Gasteiger partial charge on any atom is 0.262 e. The predicted octanol–water partition coefficient (Wildman–Crippen LogP) is 3.00. The fraction of sp³-hybridized carbons (Fsp3) is 0.179. The molecule has 0 saturated carbocycles. The van der Waals surface area contributed by atoms with Gasteiger partial charge >= 0.3 is 0 Å². The molecule has 0 fully saturated rings. The molecule has 2 aromatic heterocycles. The first-order valence-corrected chi connectivity index (χ1v) is 13.2. The van der Waals surface area contributed by atoms with Crippen molar-refractivity contribution in [3.8, 4) is 0 Å². The van der Waals surface area contributed by atoms with E-state index in [0.717, 1.165) is 22.1 Å². The zero-order valence-electron chi connectivity index (χ0n) is 21.7. The summed E-state index contributed by atoms with van der Waals surface area (Å²) in [7, 11) is 3.82. The summed E-state index contributed by atoms with van der Waals surface area (Å²) in [5.41, 5.74) is 2.85. The standard InChI is InChI=1S/C28H25N7O4S/c1-33(2)20-11-9-19(10-12-20)30-26(37)25(23-17-40-32-31-23)34(15-18-6-5-13-29-14-18)24(36)16-35-27(38)21-7-3-4-8-22(21)28(35)39/h3-14,17,25H,15-16H2,1-2H3,(H,30,37)/t25-/m0/s1. The Morgan fingerprint density at radius 2 is 1.68 bits per heavy atom. The molecule has 40 heavy (non-hydrogen) atoms. The van der Waals surface area contributed by atoms with Crippen molar-refractivity contribution in [3.05, 3.63) is 101 Å². The molecule has 1 aliphatic heterocycles. The maximum atomic E-state index is 13.9. The molecule has 12 heteroatoms. The first-order chi connectivity index (χ1) is 19.3. The number of rotatable bonds is 9. The normalized spacial score (nSPS) is 13.1. The second kappa shape index (κ2) is 11.4. The molecule has 3 heterocycles. The summed E-state index contributed by atoms with van der Waals surface area (Å²) in [5.74, 6) is -2.26. The number of hydrogen-bond acceptors (Lipinski definition) is 9. The van der Waals surface area contributed by atoms with E-state index in [4.69, 9.17) is 0 Å². The fourth-order valence-electron chi connectivity index (χ4n) is 4.40. The zero-order chi connectivity index (χ0) is 28.2. The highest BCUT2D eigenvalue weighted by molar-refractivity contribution is 7.03. The number of amides is 4. The number of anilines is 2. The van der Waals surface area contributed by atoms with Crippen molar-refractivity contribution in [1.29, 1.82) is 0 Å². The number of benzene rings is 2. The molecule has 0 spiro atoms. The molecule has 0 saturated heterocycles. The first kappa shape index (κ1) is 26.6. The molecular formula is C28H25N7O4S. The smallest absolute Gasteiger partial charge is 0.262 e. The molecule has 1 atom stereocenters. The number of nitrogens with one attached hydrogen (secondary N) is 1. The van der Waals surface area contributed by atoms with Crippen molar-refractivity contribution in [2.75, 3.05) is 30.9 Å². The van der Waals surface area contributed by atoms with Gasteiger partial charge in [-0.15, -0.1) is 5.10 Å². The minimum Gasteiger partial charge on any atom is -0.378 e. The first-order valence-electron chi connectivity index (χ1n) is 12.3. The van der Waals surface area contributed by atoms with Crippen LogP contribution in [0, 0.1) is 0 Å². The van der Waals surface area contributed by atoms with Crippen LogP contribution in [0.2, 0.25) is 0 Å². The lowest BCUT2D eigenvalue weighted by molar-refractivity contribution is -0.140. The van der Waals surface area contributed by atoms with E-state index in [-0.39, 0.29) is 23.4 Å². The van der Waals surface area contributed by atoms with Crippen LogP contribution in [0.15, 0.2) is 78.4 Å². The molecule has 11 nitrogen and oxygen atoms in total. The summed E-state index contributed by atoms with van der Waals surface area (Å²) < 4.78 is 3.90. The quantitative estimate of drug-likeness (QED) is 0.312. The van der Waals surface area contributed by atoms with Crippen LogP contribution in [-0.4, -0.2) is 68.6 Å². The van der Waals surface area contributed by atoms with Gasteiger partial charge in [-0.2, -0.15) is 0 Å². The molecule has 0 unspecified atom stereocenters. The third-order valence-electron chi connectivity index (χ3n) is 6.44. The van der Waals surface area contributed by atoms with E-state index in [1.807, 2.05) is 31.1 Å². The lowest BCUT2D eigenvalue weighted by atomic mass is 10.1. The van der Waals surface area contributed by atoms with Crippen LogP contribution < -0.4 is 10.2 Å². The van der Waals surface area contributed by atoms with E-state index in [1.54, 1.807) is 66.3 Å². The molecule has 2 aromatic carbocycles. The molecular weight excluding hydrogens is 530 g/mol. The van der Waals surface area contributed by atoms with Gasteiger partial charge in [-0.05, 0) is 59.6 Å². The highest BCUT2D eigenvalue weighted by atomic mass is 32.1. The highest BCUT2D eigenvalue weighted by Gasteiger charge is 2.40. The van der Waals surface area contributed by atoms with Crippen molar-refractivity contribution < 1.29 is 19.2 Å². The minimum atomic E-state index is -1.20. The number of carbonyl (C=O) groups is 4. The van der Waals surface area contributed by atoms with Crippen molar-refractivity contribution in [3.63, 3.8) is 0 Å². The van der Waals surface area contributed by atoms with Crippen LogP contribution in [0.4, 0.5) is 11.4 Å². The molecule has 0 bridgehead atoms. The van der Waals surface area contributed by atoms with Crippen molar-refractivity contribution in [2.45, 2.75) is 12.6 Å². The van der Waals surface area contributed by atoms with Crippen molar-refractivity contribution >= 4 is 46.5 Å². The van der Waals surface area contributed by atoms with E-state index in [1.165, 1.54) is 4.90 Å². The fourth-order valence-corrected chi connectivity index (χ4v) is 4.87. The van der Waals surface area contributed by atoms with Gasteiger partial charge in [0.05, 0.1) is 11.1 Å². The SMILES string of the molecule is CN(C)c1ccc(NC(=O)[C@H](c2csnn2)N(Cc2cccnc2)C(=O)CN2C(=O)c3ccccc3C2=O)cc1. The van der Waals surface area contributed by atoms with E-state index in [2.05, 4.69) is 19.9 Å². The van der Waals surface area contributed by atoms with Crippen molar-refractivity contribution in [2.24, 2.45) is 0 Å². The number of aromatic nitrogens is 3. The summed E-state index contributed by atoms with van der Waals surface area (Å²) in [6.45, 7) is -0.573. The number of carbonyl (C=O) groups excluding carboxylic acids is 4. The third kappa shape index (κ3) is 5.43. The van der Waals surface area contributed by atoms with Gasteiger partial charge in [0.1, 0.15) is 12.2 Å². The minimum absolute atomic E-state index is 0.0228. The summed E-state index contributed by atoms with van der Waals surface area (Å²) >= 11 is 1.04. The summed E-state index contributed by atoms with van der Waals surface area (Å²) in [6, 6.07) is 15.9. The Morgan fingerprint density at radius 1 is 0.975 bits per heavy atom. The lowest BCUT2D eigenvalue weighted by Crippen LogP contribution is -2.47. The summed E-state index contributed by atoms with van der Waals surface area (Å²) in [4.78, 5) is 61.9. The largest absolute Gasteiger partial charge is 0.378 e. The zero-order valence-corrected chi connectivity index (χ0v) is 22.5. The van der Waals surface area contributed by atoms with Crippen LogP contribution in [0.1, 0.15) is 38.0 Å². The van der Waals surface area contributed by atoms with E-state index < -0.39 is 36.2 Å². The topological polar surface area (TPSA) is 129 Å². The van der Waals surface area contributed by atoms with Gasteiger partial charge in [-0.3, -0.25) is 29.1 Å². The molecule has 1 N–H and O–H groups in total. The van der Waals surface area contributed by atoms with Crippen LogP contribution in [0.5, 0.6) is 0 Å². The highest BCUT2D eigenvalue weighted by Crippen LogP contribution is 2.27. The molecule has 4 aromatic rings. The lowest BCUT2D eigenvalue weighted by Gasteiger charge is -2.31. The summed E-state index contributed by atoms with van der Waals surface area (Å²) in [5, 5.41) is 8.55. The average Bonchev–Trinajstić information content (AvgIpc) is 3.57. The van der Waals surface area contributed by atoms with Gasteiger partial charge in [0.2, 0.25) is 5.91 Å². The Kier molecular flexibility index (Phi) is 7.60. The van der Waals surface area contributed by atoms with Crippen LogP contribution in [0.25, 0.3) is 0 Å². The van der Waals surface area contributed by atoms with E-state index in [0.29, 0.717) is 11.3 Å². The molecule has 4 amide bonds. The Bertz CT molecular complexity index is 1510. The predicted molar refractivity (Wildman–Crippen MR) is 149 cm³/mol. The Balaban J connectivity index is 1.47. The van der Waals surface area contributed by atoms with E-state index >= 15 is 0 Å². The number of pyridine rings is 1. The number of fused-ring (bicyclic) bond motifs is 1. The molecule has 5 rings (SSSR count). The number of imide groups is 1. The monoisotopic (exact) mass is 555 g/mol.